The summed E-state index contributed by atoms with van der Waals surface area (Å²) in [5.74, 6) is 2.33. The van der Waals surface area contributed by atoms with E-state index in [1.54, 1.807) is 13.2 Å². The standard InChI is InChI=1S/C16H20N2O3S/c1-11(2)12-10-15(19)18-16(17-12)22-9-8-21-14-7-5-4-6-13(14)20-3/h4-7,10-11H,8-9H2,1-3H3,(H,17,18,19). The van der Waals surface area contributed by atoms with Gasteiger partial charge in [-0.15, -0.1) is 0 Å². The highest BCUT2D eigenvalue weighted by Gasteiger charge is 2.06. The third kappa shape index (κ3) is 4.53. The Kier molecular flexibility index (Phi) is 5.89. The molecule has 0 radical (unpaired) electrons. The lowest BCUT2D eigenvalue weighted by atomic mass is 10.1. The van der Waals surface area contributed by atoms with Crippen molar-refractivity contribution in [3.05, 3.63) is 46.4 Å². The van der Waals surface area contributed by atoms with Crippen molar-refractivity contribution < 1.29 is 9.47 Å². The number of thioether (sulfide) groups is 1. The number of nitrogens with one attached hydrogen (secondary N) is 1. The molecular weight excluding hydrogens is 300 g/mol. The van der Waals surface area contributed by atoms with E-state index in [1.165, 1.54) is 11.8 Å². The van der Waals surface area contributed by atoms with E-state index in [4.69, 9.17) is 9.47 Å². The smallest absolute Gasteiger partial charge is 0.251 e. The Morgan fingerprint density at radius 2 is 2.00 bits per heavy atom. The molecule has 0 unspecified atom stereocenters. The third-order valence-electron chi connectivity index (χ3n) is 2.98. The fourth-order valence-electron chi connectivity index (χ4n) is 1.85. The van der Waals surface area contributed by atoms with Crippen LogP contribution in [-0.4, -0.2) is 29.4 Å². The quantitative estimate of drug-likeness (QED) is 0.482. The molecule has 0 fully saturated rings. The Morgan fingerprint density at radius 1 is 1.27 bits per heavy atom. The molecule has 0 saturated heterocycles. The van der Waals surface area contributed by atoms with Crippen LogP contribution in [0, 0.1) is 0 Å². The zero-order valence-corrected chi connectivity index (χ0v) is 13.8. The van der Waals surface area contributed by atoms with E-state index in [9.17, 15) is 4.79 Å². The molecule has 6 heteroatoms. The average Bonchev–Trinajstić information content (AvgIpc) is 2.51. The van der Waals surface area contributed by atoms with Gasteiger partial charge in [0.2, 0.25) is 0 Å². The number of hydrogen-bond acceptors (Lipinski definition) is 5. The molecule has 1 heterocycles. The van der Waals surface area contributed by atoms with Crippen molar-refractivity contribution in [2.24, 2.45) is 0 Å². The largest absolute Gasteiger partial charge is 0.493 e. The van der Waals surface area contributed by atoms with Gasteiger partial charge in [0.1, 0.15) is 0 Å². The van der Waals surface area contributed by atoms with Crippen LogP contribution < -0.4 is 15.0 Å². The molecule has 0 aliphatic rings. The van der Waals surface area contributed by atoms with Crippen LogP contribution in [0.1, 0.15) is 25.5 Å². The Balaban J connectivity index is 1.90. The molecule has 1 aromatic carbocycles. The van der Waals surface area contributed by atoms with Gasteiger partial charge in [0.25, 0.3) is 5.56 Å². The lowest BCUT2D eigenvalue weighted by Crippen LogP contribution is -2.11. The first-order chi connectivity index (χ1) is 10.6. The van der Waals surface area contributed by atoms with Crippen LogP contribution in [0.2, 0.25) is 0 Å². The van der Waals surface area contributed by atoms with Crippen LogP contribution in [-0.2, 0) is 0 Å². The number of ether oxygens (including phenoxy) is 2. The summed E-state index contributed by atoms with van der Waals surface area (Å²) in [6, 6.07) is 9.05. The summed E-state index contributed by atoms with van der Waals surface area (Å²) in [5, 5.41) is 0.625. The zero-order chi connectivity index (χ0) is 15.9. The first-order valence-corrected chi connectivity index (χ1v) is 8.08. The fraction of sp³-hybridized carbons (Fsp3) is 0.375. The van der Waals surface area contributed by atoms with Crippen LogP contribution in [0.15, 0.2) is 40.3 Å². The van der Waals surface area contributed by atoms with Gasteiger partial charge < -0.3 is 14.5 Å². The Bertz CT molecular complexity index is 670. The number of hydrogen-bond donors (Lipinski definition) is 1. The summed E-state index contributed by atoms with van der Waals surface area (Å²) in [4.78, 5) is 18.8. The molecule has 5 nitrogen and oxygen atoms in total. The first kappa shape index (κ1) is 16.4. The van der Waals surface area contributed by atoms with Crippen molar-refractivity contribution in [2.45, 2.75) is 24.9 Å². The minimum atomic E-state index is -0.119. The summed E-state index contributed by atoms with van der Waals surface area (Å²) in [6.45, 7) is 4.53. The van der Waals surface area contributed by atoms with Gasteiger partial charge in [0, 0.05) is 11.8 Å². The van der Waals surface area contributed by atoms with Crippen LogP contribution in [0.25, 0.3) is 0 Å². The predicted molar refractivity (Wildman–Crippen MR) is 88.2 cm³/mol. The van der Waals surface area contributed by atoms with E-state index in [0.717, 1.165) is 5.69 Å². The van der Waals surface area contributed by atoms with Crippen molar-refractivity contribution in [1.82, 2.24) is 9.97 Å². The number of nitrogens with zero attached hydrogens (tertiary/aromatic N) is 1. The fourth-order valence-corrected chi connectivity index (χ4v) is 2.55. The summed E-state index contributed by atoms with van der Waals surface area (Å²) >= 11 is 1.47. The molecular formula is C16H20N2O3S. The van der Waals surface area contributed by atoms with Gasteiger partial charge >= 0.3 is 0 Å². The van der Waals surface area contributed by atoms with Crippen molar-refractivity contribution in [3.63, 3.8) is 0 Å². The number of para-hydroxylation sites is 2. The van der Waals surface area contributed by atoms with E-state index in [2.05, 4.69) is 9.97 Å². The van der Waals surface area contributed by atoms with Gasteiger partial charge in [-0.2, -0.15) is 0 Å². The minimum Gasteiger partial charge on any atom is -0.493 e. The van der Waals surface area contributed by atoms with E-state index in [-0.39, 0.29) is 11.5 Å². The van der Waals surface area contributed by atoms with Crippen LogP contribution in [0.4, 0.5) is 0 Å². The van der Waals surface area contributed by atoms with Crippen molar-refractivity contribution >= 4 is 11.8 Å². The highest BCUT2D eigenvalue weighted by atomic mass is 32.2. The monoisotopic (exact) mass is 320 g/mol. The number of H-pyrrole nitrogens is 1. The maximum Gasteiger partial charge on any atom is 0.251 e. The molecule has 1 aromatic heterocycles. The van der Waals surface area contributed by atoms with E-state index in [0.29, 0.717) is 29.0 Å². The first-order valence-electron chi connectivity index (χ1n) is 7.10. The molecule has 0 aliphatic carbocycles. The Hall–Kier alpha value is -1.95. The van der Waals surface area contributed by atoms with Crippen molar-refractivity contribution in [1.29, 1.82) is 0 Å². The second-order valence-corrected chi connectivity index (χ2v) is 6.06. The van der Waals surface area contributed by atoms with Crippen LogP contribution in [0.3, 0.4) is 0 Å². The van der Waals surface area contributed by atoms with Gasteiger partial charge in [0.05, 0.1) is 19.4 Å². The number of aromatic amines is 1. The normalized spacial score (nSPS) is 10.7. The molecule has 1 N–H and O–H groups in total. The summed E-state index contributed by atoms with van der Waals surface area (Å²) in [6.07, 6.45) is 0. The highest BCUT2D eigenvalue weighted by Crippen LogP contribution is 2.26. The zero-order valence-electron chi connectivity index (χ0n) is 13.0. The second-order valence-electron chi connectivity index (χ2n) is 4.98. The number of benzene rings is 1. The van der Waals surface area contributed by atoms with Crippen molar-refractivity contribution in [3.8, 4) is 11.5 Å². The summed E-state index contributed by atoms with van der Waals surface area (Å²) < 4.78 is 10.9. The maximum absolute atomic E-state index is 11.6. The lowest BCUT2D eigenvalue weighted by Gasteiger charge is -2.10. The molecule has 0 spiro atoms. The minimum absolute atomic E-state index is 0.119. The molecule has 0 bridgehead atoms. The van der Waals surface area contributed by atoms with Crippen LogP contribution in [0.5, 0.6) is 11.5 Å². The van der Waals surface area contributed by atoms with E-state index in [1.807, 2.05) is 38.1 Å². The van der Waals surface area contributed by atoms with Gasteiger partial charge in [-0.3, -0.25) is 4.79 Å². The van der Waals surface area contributed by atoms with Crippen LogP contribution >= 0.6 is 11.8 Å². The molecule has 118 valence electrons. The SMILES string of the molecule is COc1ccccc1OCCSc1nc(C(C)C)cc(=O)[nH]1. The van der Waals surface area contributed by atoms with Gasteiger partial charge in [-0.05, 0) is 18.1 Å². The summed E-state index contributed by atoms with van der Waals surface area (Å²) in [7, 11) is 1.61. The second kappa shape index (κ2) is 7.89. The Morgan fingerprint density at radius 3 is 2.68 bits per heavy atom. The maximum atomic E-state index is 11.6. The van der Waals surface area contributed by atoms with E-state index < -0.39 is 0 Å². The van der Waals surface area contributed by atoms with E-state index >= 15 is 0 Å². The molecule has 2 rings (SSSR count). The average molecular weight is 320 g/mol. The van der Waals surface area contributed by atoms with Gasteiger partial charge in [-0.1, -0.05) is 37.7 Å². The molecule has 0 amide bonds. The molecule has 0 atom stereocenters. The topological polar surface area (TPSA) is 64.2 Å². The third-order valence-corrected chi connectivity index (χ3v) is 3.82. The number of aromatic nitrogens is 2. The van der Waals surface area contributed by atoms with Crippen molar-refractivity contribution in [2.75, 3.05) is 19.5 Å². The molecule has 0 saturated carbocycles. The lowest BCUT2D eigenvalue weighted by molar-refractivity contribution is 0.313. The predicted octanol–water partition coefficient (Wildman–Crippen LogP) is 3.07. The molecule has 0 aliphatic heterocycles. The Labute approximate surface area is 134 Å². The molecule has 2 aromatic rings. The van der Waals surface area contributed by atoms with Gasteiger partial charge in [0.15, 0.2) is 16.7 Å². The molecule has 22 heavy (non-hydrogen) atoms. The highest BCUT2D eigenvalue weighted by molar-refractivity contribution is 7.99. The van der Waals surface area contributed by atoms with Gasteiger partial charge in [-0.25, -0.2) is 4.98 Å². The number of rotatable bonds is 7. The number of methoxy groups -OCH3 is 1. The summed E-state index contributed by atoms with van der Waals surface area (Å²) in [5.41, 5.74) is 0.684.